The summed E-state index contributed by atoms with van der Waals surface area (Å²) in [7, 11) is 0. The van der Waals surface area contributed by atoms with Crippen LogP contribution in [0.2, 0.25) is 0 Å². The third-order valence-electron chi connectivity index (χ3n) is 5.78. The number of nitrogens with zero attached hydrogens (tertiary/aromatic N) is 1. The van der Waals surface area contributed by atoms with Gasteiger partial charge >= 0.3 is 6.03 Å². The van der Waals surface area contributed by atoms with Gasteiger partial charge < -0.3 is 10.6 Å². The van der Waals surface area contributed by atoms with E-state index in [9.17, 15) is 14.4 Å². The largest absolute Gasteiger partial charge is 0.325 e. The molecule has 2 unspecified atom stereocenters. The first-order chi connectivity index (χ1) is 13.0. The Hall–Kier alpha value is -2.37. The molecule has 0 bridgehead atoms. The SMILES string of the molecule is CC1CC(C)(C)CC2(C1)NC(=O)N(CC(=O)Nc1ccccc1C(C)C)C2=O. The van der Waals surface area contributed by atoms with Crippen molar-refractivity contribution < 1.29 is 14.4 Å². The molecule has 28 heavy (non-hydrogen) atoms. The molecule has 0 radical (unpaired) electrons. The zero-order valence-electron chi connectivity index (χ0n) is 17.5. The van der Waals surface area contributed by atoms with Crippen LogP contribution in [0.1, 0.15) is 65.4 Å². The first kappa shape index (κ1) is 20.4. The molecule has 6 nitrogen and oxygen atoms in total. The molecule has 1 aliphatic heterocycles. The van der Waals surface area contributed by atoms with Gasteiger partial charge in [-0.2, -0.15) is 0 Å². The zero-order chi connectivity index (χ0) is 20.7. The molecular weight excluding hydrogens is 354 g/mol. The number of para-hydroxylation sites is 1. The van der Waals surface area contributed by atoms with Crippen molar-refractivity contribution >= 4 is 23.5 Å². The van der Waals surface area contributed by atoms with Gasteiger partial charge in [-0.15, -0.1) is 0 Å². The smallest absolute Gasteiger partial charge is 0.324 e. The average Bonchev–Trinajstić information content (AvgIpc) is 2.76. The molecular formula is C22H31N3O3. The minimum absolute atomic E-state index is 0.0327. The summed E-state index contributed by atoms with van der Waals surface area (Å²) in [6, 6.07) is 7.12. The Morgan fingerprint density at radius 1 is 1.25 bits per heavy atom. The second kappa shape index (κ2) is 7.22. The number of rotatable bonds is 4. The van der Waals surface area contributed by atoms with Crippen LogP contribution in [0.15, 0.2) is 24.3 Å². The number of amides is 4. The molecule has 1 saturated carbocycles. The van der Waals surface area contributed by atoms with Crippen LogP contribution in [0.4, 0.5) is 10.5 Å². The lowest BCUT2D eigenvalue weighted by Gasteiger charge is -2.43. The van der Waals surface area contributed by atoms with Gasteiger partial charge in [0.1, 0.15) is 12.1 Å². The van der Waals surface area contributed by atoms with Crippen LogP contribution in [-0.2, 0) is 9.59 Å². The molecule has 1 spiro atoms. The Morgan fingerprint density at radius 3 is 2.57 bits per heavy atom. The van der Waals surface area contributed by atoms with Gasteiger partial charge in [-0.1, -0.05) is 52.8 Å². The normalized spacial score (nSPS) is 26.6. The number of hydrogen-bond acceptors (Lipinski definition) is 3. The maximum atomic E-state index is 13.2. The Kier molecular flexibility index (Phi) is 5.26. The molecule has 1 heterocycles. The van der Waals surface area contributed by atoms with Crippen molar-refractivity contribution in [2.45, 2.75) is 65.3 Å². The molecule has 6 heteroatoms. The van der Waals surface area contributed by atoms with Crippen LogP contribution in [-0.4, -0.2) is 34.8 Å². The summed E-state index contributed by atoms with van der Waals surface area (Å²) < 4.78 is 0. The van der Waals surface area contributed by atoms with Crippen molar-refractivity contribution in [2.75, 3.05) is 11.9 Å². The molecule has 0 aromatic heterocycles. The molecule has 2 aliphatic rings. The second-order valence-corrected chi connectivity index (χ2v) is 9.55. The highest BCUT2D eigenvalue weighted by Crippen LogP contribution is 2.46. The monoisotopic (exact) mass is 385 g/mol. The predicted molar refractivity (Wildman–Crippen MR) is 109 cm³/mol. The lowest BCUT2D eigenvalue weighted by molar-refractivity contribution is -0.136. The highest BCUT2D eigenvalue weighted by Gasteiger charge is 2.56. The lowest BCUT2D eigenvalue weighted by atomic mass is 9.64. The van der Waals surface area contributed by atoms with E-state index in [1.54, 1.807) is 0 Å². The fourth-order valence-corrected chi connectivity index (χ4v) is 5.10. The quantitative estimate of drug-likeness (QED) is 0.772. The molecule has 152 valence electrons. The third-order valence-corrected chi connectivity index (χ3v) is 5.78. The van der Waals surface area contributed by atoms with E-state index in [4.69, 9.17) is 0 Å². The Bertz CT molecular complexity index is 802. The standard InChI is InChI=1S/C22H31N3O3/c1-14(2)16-8-6-7-9-17(16)23-18(26)12-25-19(27)22(24-20(25)28)11-15(3)10-21(4,5)13-22/h6-9,14-15H,10-13H2,1-5H3,(H,23,26)(H,24,28). The number of carbonyl (C=O) groups is 3. The van der Waals surface area contributed by atoms with Gasteiger partial charge in [-0.05, 0) is 48.1 Å². The molecule has 1 saturated heterocycles. The highest BCUT2D eigenvalue weighted by atomic mass is 16.2. The Labute approximate surface area is 167 Å². The number of nitrogens with one attached hydrogen (secondary N) is 2. The molecule has 2 fully saturated rings. The Balaban J connectivity index is 1.74. The summed E-state index contributed by atoms with van der Waals surface area (Å²) in [4.78, 5) is 39.4. The molecule has 1 aromatic carbocycles. The molecule has 3 rings (SSSR count). The van der Waals surface area contributed by atoms with Gasteiger partial charge in [0.2, 0.25) is 5.91 Å². The van der Waals surface area contributed by atoms with Crippen LogP contribution in [0.3, 0.4) is 0 Å². The van der Waals surface area contributed by atoms with Crippen molar-refractivity contribution in [2.24, 2.45) is 11.3 Å². The summed E-state index contributed by atoms with van der Waals surface area (Å²) in [6.45, 7) is 10.2. The fraction of sp³-hybridized carbons (Fsp3) is 0.591. The van der Waals surface area contributed by atoms with E-state index < -0.39 is 11.6 Å². The van der Waals surface area contributed by atoms with Gasteiger partial charge in [-0.3, -0.25) is 14.5 Å². The van der Waals surface area contributed by atoms with E-state index in [0.29, 0.717) is 18.8 Å². The van der Waals surface area contributed by atoms with Crippen LogP contribution in [0.25, 0.3) is 0 Å². The predicted octanol–water partition coefficient (Wildman–Crippen LogP) is 3.89. The summed E-state index contributed by atoms with van der Waals surface area (Å²) >= 11 is 0. The van der Waals surface area contributed by atoms with Crippen LogP contribution < -0.4 is 10.6 Å². The maximum Gasteiger partial charge on any atom is 0.325 e. The molecule has 1 aromatic rings. The summed E-state index contributed by atoms with van der Waals surface area (Å²) in [5.41, 5.74) is 0.827. The number of imide groups is 1. The van der Waals surface area contributed by atoms with Crippen molar-refractivity contribution in [1.82, 2.24) is 10.2 Å². The van der Waals surface area contributed by atoms with Gasteiger partial charge in [0, 0.05) is 5.69 Å². The van der Waals surface area contributed by atoms with Gasteiger partial charge in [0.05, 0.1) is 0 Å². The Morgan fingerprint density at radius 2 is 1.93 bits per heavy atom. The molecule has 1 aliphatic carbocycles. The number of urea groups is 1. The number of hydrogen-bond donors (Lipinski definition) is 2. The van der Waals surface area contributed by atoms with E-state index in [0.717, 1.165) is 22.6 Å². The molecule has 2 atom stereocenters. The highest BCUT2D eigenvalue weighted by molar-refractivity contribution is 6.10. The number of carbonyl (C=O) groups excluding carboxylic acids is 3. The second-order valence-electron chi connectivity index (χ2n) is 9.55. The van der Waals surface area contributed by atoms with E-state index in [1.807, 2.05) is 24.3 Å². The first-order valence-electron chi connectivity index (χ1n) is 10.1. The van der Waals surface area contributed by atoms with Crippen molar-refractivity contribution in [3.05, 3.63) is 29.8 Å². The fourth-order valence-electron chi connectivity index (χ4n) is 5.10. The van der Waals surface area contributed by atoms with Gasteiger partial charge in [0.15, 0.2) is 0 Å². The minimum atomic E-state index is -0.881. The van der Waals surface area contributed by atoms with Crippen LogP contribution >= 0.6 is 0 Å². The lowest BCUT2D eigenvalue weighted by Crippen LogP contribution is -2.54. The molecule has 4 amide bonds. The zero-order valence-corrected chi connectivity index (χ0v) is 17.5. The maximum absolute atomic E-state index is 13.2. The third kappa shape index (κ3) is 3.91. The number of benzene rings is 1. The topological polar surface area (TPSA) is 78.5 Å². The summed E-state index contributed by atoms with van der Waals surface area (Å²) in [5.74, 6) is -0.0525. The summed E-state index contributed by atoms with van der Waals surface area (Å²) in [5, 5.41) is 5.77. The van der Waals surface area contributed by atoms with E-state index in [2.05, 4.69) is 45.3 Å². The van der Waals surface area contributed by atoms with Crippen LogP contribution in [0.5, 0.6) is 0 Å². The number of anilines is 1. The van der Waals surface area contributed by atoms with Crippen molar-refractivity contribution in [3.63, 3.8) is 0 Å². The minimum Gasteiger partial charge on any atom is -0.324 e. The van der Waals surface area contributed by atoms with Gasteiger partial charge in [-0.25, -0.2) is 4.79 Å². The van der Waals surface area contributed by atoms with Crippen molar-refractivity contribution in [1.29, 1.82) is 0 Å². The van der Waals surface area contributed by atoms with Crippen LogP contribution in [0, 0.1) is 11.3 Å². The van der Waals surface area contributed by atoms with E-state index in [-0.39, 0.29) is 29.7 Å². The van der Waals surface area contributed by atoms with Gasteiger partial charge in [0.25, 0.3) is 5.91 Å². The van der Waals surface area contributed by atoms with E-state index >= 15 is 0 Å². The van der Waals surface area contributed by atoms with Crippen molar-refractivity contribution in [3.8, 4) is 0 Å². The first-order valence-corrected chi connectivity index (χ1v) is 10.1. The summed E-state index contributed by atoms with van der Waals surface area (Å²) in [6.07, 6.45) is 2.24. The average molecular weight is 386 g/mol. The van der Waals surface area contributed by atoms with E-state index in [1.165, 1.54) is 0 Å². The molecule has 2 N–H and O–H groups in total.